The Bertz CT molecular complexity index is 517. The molecule has 0 heterocycles. The number of anilines is 1. The summed E-state index contributed by atoms with van der Waals surface area (Å²) in [7, 11) is 1.74. The van der Waals surface area contributed by atoms with Gasteiger partial charge < -0.3 is 15.3 Å². The van der Waals surface area contributed by atoms with Crippen LogP contribution in [0.4, 0.5) is 10.5 Å². The molecule has 0 bridgehead atoms. The maximum atomic E-state index is 12.1. The molecule has 0 aliphatic heterocycles. The minimum Gasteiger partial charge on any atom is -0.478 e. The number of rotatable bonds is 4. The summed E-state index contributed by atoms with van der Waals surface area (Å²) in [6.07, 6.45) is 0. The Labute approximate surface area is 127 Å². The molecule has 110 valence electrons. The van der Waals surface area contributed by atoms with Crippen molar-refractivity contribution in [3.63, 3.8) is 0 Å². The lowest BCUT2D eigenvalue weighted by Crippen LogP contribution is -2.40. The van der Waals surface area contributed by atoms with Crippen LogP contribution in [0.2, 0.25) is 0 Å². The van der Waals surface area contributed by atoms with Crippen molar-refractivity contribution >= 4 is 33.6 Å². The summed E-state index contributed by atoms with van der Waals surface area (Å²) in [6, 6.07) is 4.36. The van der Waals surface area contributed by atoms with Crippen LogP contribution in [0.15, 0.2) is 22.7 Å². The lowest BCUT2D eigenvalue weighted by Gasteiger charge is -2.28. The van der Waals surface area contributed by atoms with E-state index in [2.05, 4.69) is 21.2 Å². The van der Waals surface area contributed by atoms with Gasteiger partial charge in [-0.1, -0.05) is 13.8 Å². The molecule has 0 radical (unpaired) electrons. The summed E-state index contributed by atoms with van der Waals surface area (Å²) in [5.74, 6) is -0.655. The number of halogens is 1. The minimum atomic E-state index is -1.01. The van der Waals surface area contributed by atoms with Gasteiger partial charge in [-0.2, -0.15) is 0 Å². The summed E-state index contributed by atoms with van der Waals surface area (Å²) in [4.78, 5) is 24.6. The van der Waals surface area contributed by atoms with Gasteiger partial charge in [0.25, 0.3) is 0 Å². The van der Waals surface area contributed by atoms with E-state index in [9.17, 15) is 9.59 Å². The van der Waals surface area contributed by atoms with Crippen molar-refractivity contribution < 1.29 is 14.7 Å². The molecule has 0 spiro atoms. The number of amides is 2. The van der Waals surface area contributed by atoms with Gasteiger partial charge in [0.1, 0.15) is 0 Å². The first-order chi connectivity index (χ1) is 9.23. The van der Waals surface area contributed by atoms with E-state index in [1.165, 1.54) is 12.1 Å². The average Bonchev–Trinajstić information content (AvgIpc) is 2.38. The van der Waals surface area contributed by atoms with Crippen molar-refractivity contribution in [3.05, 3.63) is 28.2 Å². The van der Waals surface area contributed by atoms with Crippen LogP contribution in [-0.4, -0.2) is 35.1 Å². The molecule has 0 saturated heterocycles. The van der Waals surface area contributed by atoms with Gasteiger partial charge >= 0.3 is 12.0 Å². The van der Waals surface area contributed by atoms with Gasteiger partial charge in [0.15, 0.2) is 0 Å². The number of nitrogens with zero attached hydrogens (tertiary/aromatic N) is 1. The van der Waals surface area contributed by atoms with E-state index < -0.39 is 5.97 Å². The maximum Gasteiger partial charge on any atom is 0.335 e. The topological polar surface area (TPSA) is 69.6 Å². The number of carbonyl (C=O) groups is 2. The summed E-state index contributed by atoms with van der Waals surface area (Å²) in [6.45, 7) is 6.07. The van der Waals surface area contributed by atoms with E-state index in [1.54, 1.807) is 18.0 Å². The van der Waals surface area contributed by atoms with E-state index >= 15 is 0 Å². The fraction of sp³-hybridized carbons (Fsp3) is 0.429. The van der Waals surface area contributed by atoms with Crippen molar-refractivity contribution in [3.8, 4) is 0 Å². The van der Waals surface area contributed by atoms with Crippen LogP contribution in [0.25, 0.3) is 0 Å². The normalized spacial score (nSPS) is 12.1. The van der Waals surface area contributed by atoms with Crippen molar-refractivity contribution in [1.29, 1.82) is 0 Å². The van der Waals surface area contributed by atoms with Gasteiger partial charge in [-0.3, -0.25) is 0 Å². The van der Waals surface area contributed by atoms with Crippen molar-refractivity contribution in [2.24, 2.45) is 5.92 Å². The molecule has 1 aromatic carbocycles. The van der Waals surface area contributed by atoms with Crippen LogP contribution in [0.1, 0.15) is 31.1 Å². The zero-order valence-corrected chi connectivity index (χ0v) is 13.6. The van der Waals surface area contributed by atoms with E-state index in [0.717, 1.165) is 0 Å². The largest absolute Gasteiger partial charge is 0.478 e. The van der Waals surface area contributed by atoms with Crippen LogP contribution in [0, 0.1) is 5.92 Å². The molecule has 0 saturated carbocycles. The van der Waals surface area contributed by atoms with Crippen LogP contribution in [0.3, 0.4) is 0 Å². The van der Waals surface area contributed by atoms with Gasteiger partial charge in [0, 0.05) is 17.6 Å². The van der Waals surface area contributed by atoms with Gasteiger partial charge in [0.05, 0.1) is 11.3 Å². The predicted octanol–water partition coefficient (Wildman–Crippen LogP) is 3.66. The van der Waals surface area contributed by atoms with Crippen molar-refractivity contribution in [1.82, 2.24) is 4.90 Å². The highest BCUT2D eigenvalue weighted by Crippen LogP contribution is 2.24. The number of benzene rings is 1. The van der Waals surface area contributed by atoms with E-state index in [1.807, 2.05) is 20.8 Å². The molecule has 1 atom stereocenters. The summed E-state index contributed by atoms with van der Waals surface area (Å²) >= 11 is 3.26. The Kier molecular flexibility index (Phi) is 5.56. The van der Waals surface area contributed by atoms with Crippen LogP contribution < -0.4 is 5.32 Å². The highest BCUT2D eigenvalue weighted by molar-refractivity contribution is 9.10. The zero-order chi connectivity index (χ0) is 15.4. The Morgan fingerprint density at radius 3 is 2.35 bits per heavy atom. The smallest absolute Gasteiger partial charge is 0.335 e. The SMILES string of the molecule is CC(C)C(C)N(C)C(=O)Nc1ccc(C(=O)O)cc1Br. The molecule has 0 fully saturated rings. The first-order valence-electron chi connectivity index (χ1n) is 6.30. The van der Waals surface area contributed by atoms with Gasteiger partial charge in [-0.05, 0) is 47.0 Å². The molecule has 20 heavy (non-hydrogen) atoms. The maximum absolute atomic E-state index is 12.1. The monoisotopic (exact) mass is 342 g/mol. The highest BCUT2D eigenvalue weighted by atomic mass is 79.9. The fourth-order valence-electron chi connectivity index (χ4n) is 1.59. The lowest BCUT2D eigenvalue weighted by molar-refractivity contribution is 0.0697. The van der Waals surface area contributed by atoms with E-state index in [-0.39, 0.29) is 17.6 Å². The third-order valence-electron chi connectivity index (χ3n) is 3.35. The molecular formula is C14H19BrN2O3. The van der Waals surface area contributed by atoms with Crippen LogP contribution in [0.5, 0.6) is 0 Å². The van der Waals surface area contributed by atoms with Gasteiger partial charge in [0.2, 0.25) is 0 Å². The predicted molar refractivity (Wildman–Crippen MR) is 82.2 cm³/mol. The Hall–Kier alpha value is -1.56. The Morgan fingerprint density at radius 1 is 1.30 bits per heavy atom. The van der Waals surface area contributed by atoms with Crippen LogP contribution >= 0.6 is 15.9 Å². The summed E-state index contributed by atoms with van der Waals surface area (Å²) in [5.41, 5.74) is 0.710. The second-order valence-electron chi connectivity index (χ2n) is 5.03. The molecule has 5 nitrogen and oxygen atoms in total. The highest BCUT2D eigenvalue weighted by Gasteiger charge is 2.19. The van der Waals surface area contributed by atoms with Gasteiger partial charge in [-0.15, -0.1) is 0 Å². The number of hydrogen-bond donors (Lipinski definition) is 2. The van der Waals surface area contributed by atoms with Crippen molar-refractivity contribution in [2.75, 3.05) is 12.4 Å². The third-order valence-corrected chi connectivity index (χ3v) is 4.01. The zero-order valence-electron chi connectivity index (χ0n) is 12.0. The average molecular weight is 343 g/mol. The third kappa shape index (κ3) is 3.96. The fourth-order valence-corrected chi connectivity index (χ4v) is 2.06. The molecule has 1 unspecified atom stereocenters. The number of carboxylic acid groups (broad SMARTS) is 1. The molecule has 0 aromatic heterocycles. The number of aromatic carboxylic acids is 1. The number of carboxylic acids is 1. The lowest BCUT2D eigenvalue weighted by atomic mass is 10.1. The summed E-state index contributed by atoms with van der Waals surface area (Å²) < 4.78 is 0.538. The van der Waals surface area contributed by atoms with Crippen molar-refractivity contribution in [2.45, 2.75) is 26.8 Å². The van der Waals surface area contributed by atoms with E-state index in [4.69, 9.17) is 5.11 Å². The second kappa shape index (κ2) is 6.74. The Morgan fingerprint density at radius 2 is 1.90 bits per heavy atom. The molecule has 1 aromatic rings. The van der Waals surface area contributed by atoms with Gasteiger partial charge in [-0.25, -0.2) is 9.59 Å². The molecule has 2 amide bonds. The quantitative estimate of drug-likeness (QED) is 0.877. The second-order valence-corrected chi connectivity index (χ2v) is 5.88. The molecule has 0 aliphatic rings. The van der Waals surface area contributed by atoms with E-state index in [0.29, 0.717) is 16.1 Å². The molecule has 0 aliphatic carbocycles. The number of urea groups is 1. The number of nitrogens with one attached hydrogen (secondary N) is 1. The first kappa shape index (κ1) is 16.5. The molecule has 2 N–H and O–H groups in total. The van der Waals surface area contributed by atoms with Crippen LogP contribution in [-0.2, 0) is 0 Å². The molecular weight excluding hydrogens is 324 g/mol. The first-order valence-corrected chi connectivity index (χ1v) is 7.10. The number of hydrogen-bond acceptors (Lipinski definition) is 2. The number of carbonyl (C=O) groups excluding carboxylic acids is 1. The molecule has 6 heteroatoms. The minimum absolute atomic E-state index is 0.104. The summed E-state index contributed by atoms with van der Waals surface area (Å²) in [5, 5.41) is 11.6. The molecule has 1 rings (SSSR count). The Balaban J connectivity index is 2.83. The standard InChI is InChI=1S/C14H19BrN2O3/c1-8(2)9(3)17(4)14(20)16-12-6-5-10(13(18)19)7-11(12)15/h5-9H,1-4H3,(H,16,20)(H,18,19).